The zero-order chi connectivity index (χ0) is 11.7. The highest BCUT2D eigenvalue weighted by Gasteiger charge is 2.08. The van der Waals surface area contributed by atoms with Crippen LogP contribution in [0.1, 0.15) is 5.69 Å². The molecule has 0 saturated heterocycles. The number of H-pyrrole nitrogens is 1. The van der Waals surface area contributed by atoms with E-state index in [4.69, 9.17) is 23.2 Å². The molecule has 2 aromatic heterocycles. The Hall–Kier alpha value is -1.39. The van der Waals surface area contributed by atoms with E-state index in [1.807, 2.05) is 0 Å². The van der Waals surface area contributed by atoms with E-state index in [-0.39, 0.29) is 5.56 Å². The molecule has 1 N–H and O–H groups in total. The van der Waals surface area contributed by atoms with Gasteiger partial charge in [0.15, 0.2) is 5.82 Å². The summed E-state index contributed by atoms with van der Waals surface area (Å²) in [4.78, 5) is 22.0. The van der Waals surface area contributed by atoms with Crippen LogP contribution in [0.15, 0.2) is 23.1 Å². The highest BCUT2D eigenvalue weighted by Crippen LogP contribution is 2.24. The van der Waals surface area contributed by atoms with Crippen molar-refractivity contribution in [1.82, 2.24) is 15.0 Å². The summed E-state index contributed by atoms with van der Waals surface area (Å²) in [6, 6.07) is 2.95. The molecule has 16 heavy (non-hydrogen) atoms. The van der Waals surface area contributed by atoms with Crippen LogP contribution >= 0.6 is 23.2 Å². The molecule has 4 nitrogen and oxygen atoms in total. The van der Waals surface area contributed by atoms with Gasteiger partial charge in [-0.15, -0.1) is 0 Å². The molecule has 0 radical (unpaired) electrons. The van der Waals surface area contributed by atoms with E-state index >= 15 is 0 Å². The van der Waals surface area contributed by atoms with Gasteiger partial charge in [-0.1, -0.05) is 23.2 Å². The van der Waals surface area contributed by atoms with Crippen molar-refractivity contribution in [3.8, 4) is 11.5 Å². The first-order valence-corrected chi connectivity index (χ1v) is 5.21. The van der Waals surface area contributed by atoms with Crippen molar-refractivity contribution in [1.29, 1.82) is 0 Å². The van der Waals surface area contributed by atoms with Gasteiger partial charge in [-0.3, -0.25) is 4.79 Å². The van der Waals surface area contributed by atoms with Crippen LogP contribution in [0.4, 0.5) is 0 Å². The summed E-state index contributed by atoms with van der Waals surface area (Å²) in [7, 11) is 0. The van der Waals surface area contributed by atoms with E-state index in [1.165, 1.54) is 12.3 Å². The SMILES string of the molecule is Cc1cc(=O)[nH]c(-c2ncc(Cl)cc2Cl)n1. The number of halogens is 2. The maximum absolute atomic E-state index is 11.3. The second-order valence-electron chi connectivity index (χ2n) is 3.22. The Kier molecular flexibility index (Phi) is 2.94. The lowest BCUT2D eigenvalue weighted by Crippen LogP contribution is -2.09. The third-order valence-corrected chi connectivity index (χ3v) is 2.40. The van der Waals surface area contributed by atoms with E-state index in [1.54, 1.807) is 13.0 Å². The third-order valence-electron chi connectivity index (χ3n) is 1.90. The first-order valence-electron chi connectivity index (χ1n) is 4.45. The number of nitrogens with one attached hydrogen (secondary N) is 1. The molecule has 82 valence electrons. The summed E-state index contributed by atoms with van der Waals surface area (Å²) in [5, 5.41) is 0.782. The van der Waals surface area contributed by atoms with E-state index < -0.39 is 0 Å². The summed E-state index contributed by atoms with van der Waals surface area (Å²) < 4.78 is 0. The van der Waals surface area contributed by atoms with Gasteiger partial charge in [0, 0.05) is 18.0 Å². The second kappa shape index (κ2) is 4.23. The Labute approximate surface area is 101 Å². The predicted octanol–water partition coefficient (Wildman–Crippen LogP) is 2.45. The normalized spacial score (nSPS) is 10.4. The monoisotopic (exact) mass is 255 g/mol. The number of nitrogens with zero attached hydrogens (tertiary/aromatic N) is 2. The topological polar surface area (TPSA) is 58.6 Å². The van der Waals surface area contributed by atoms with Crippen molar-refractivity contribution in [2.45, 2.75) is 6.92 Å². The number of hydrogen-bond acceptors (Lipinski definition) is 3. The molecule has 2 aromatic rings. The number of aromatic nitrogens is 3. The number of hydrogen-bond donors (Lipinski definition) is 1. The van der Waals surface area contributed by atoms with E-state index in [9.17, 15) is 4.79 Å². The Bertz CT molecular complexity index is 595. The predicted molar refractivity (Wildman–Crippen MR) is 62.8 cm³/mol. The summed E-state index contributed by atoms with van der Waals surface area (Å²) in [6.07, 6.45) is 1.45. The number of pyridine rings is 1. The van der Waals surface area contributed by atoms with Crippen LogP contribution in [0.3, 0.4) is 0 Å². The van der Waals surface area contributed by atoms with Crippen molar-refractivity contribution in [3.05, 3.63) is 44.4 Å². The van der Waals surface area contributed by atoms with Crippen molar-refractivity contribution in [2.24, 2.45) is 0 Å². The van der Waals surface area contributed by atoms with Crippen molar-refractivity contribution >= 4 is 23.2 Å². The largest absolute Gasteiger partial charge is 0.305 e. The molecule has 0 bridgehead atoms. The minimum absolute atomic E-state index is 0.240. The van der Waals surface area contributed by atoms with Crippen molar-refractivity contribution in [2.75, 3.05) is 0 Å². The highest BCUT2D eigenvalue weighted by molar-refractivity contribution is 6.35. The Morgan fingerprint density at radius 1 is 1.31 bits per heavy atom. The summed E-state index contributed by atoms with van der Waals surface area (Å²) in [5.74, 6) is 0.340. The van der Waals surface area contributed by atoms with Crippen molar-refractivity contribution in [3.63, 3.8) is 0 Å². The van der Waals surface area contributed by atoms with Gasteiger partial charge in [0.1, 0.15) is 5.69 Å². The fraction of sp³-hybridized carbons (Fsp3) is 0.100. The van der Waals surface area contributed by atoms with Crippen LogP contribution in [-0.2, 0) is 0 Å². The lowest BCUT2D eigenvalue weighted by atomic mass is 10.3. The van der Waals surface area contributed by atoms with Crippen LogP contribution in [0.25, 0.3) is 11.5 Å². The third kappa shape index (κ3) is 2.23. The van der Waals surface area contributed by atoms with E-state index in [0.717, 1.165) is 0 Å². The number of aromatic amines is 1. The van der Waals surface area contributed by atoms with E-state index in [0.29, 0.717) is 27.3 Å². The quantitative estimate of drug-likeness (QED) is 0.852. The number of aryl methyl sites for hydroxylation is 1. The second-order valence-corrected chi connectivity index (χ2v) is 4.06. The Balaban J connectivity index is 2.63. The maximum Gasteiger partial charge on any atom is 0.251 e. The first kappa shape index (κ1) is 11.1. The fourth-order valence-corrected chi connectivity index (χ4v) is 1.75. The van der Waals surface area contributed by atoms with Crippen LogP contribution in [0.5, 0.6) is 0 Å². The zero-order valence-corrected chi connectivity index (χ0v) is 9.80. The molecular formula is C10H7Cl2N3O. The van der Waals surface area contributed by atoms with Crippen LogP contribution < -0.4 is 5.56 Å². The molecule has 0 amide bonds. The van der Waals surface area contributed by atoms with Gasteiger partial charge in [0.25, 0.3) is 5.56 Å². The molecule has 0 saturated carbocycles. The van der Waals surface area contributed by atoms with Crippen LogP contribution in [-0.4, -0.2) is 15.0 Å². The molecule has 6 heteroatoms. The van der Waals surface area contributed by atoms with Crippen LogP contribution in [0, 0.1) is 6.92 Å². The highest BCUT2D eigenvalue weighted by atomic mass is 35.5. The molecule has 0 aliphatic rings. The summed E-state index contributed by atoms with van der Waals surface area (Å²) in [6.45, 7) is 1.72. The van der Waals surface area contributed by atoms with Crippen molar-refractivity contribution < 1.29 is 0 Å². The molecule has 0 aliphatic heterocycles. The molecule has 0 aromatic carbocycles. The molecule has 2 heterocycles. The number of rotatable bonds is 1. The maximum atomic E-state index is 11.3. The molecule has 2 rings (SSSR count). The van der Waals surface area contributed by atoms with Crippen LogP contribution in [0.2, 0.25) is 10.0 Å². The van der Waals surface area contributed by atoms with Gasteiger partial charge in [-0.05, 0) is 13.0 Å². The molecule has 0 fully saturated rings. The van der Waals surface area contributed by atoms with Gasteiger partial charge >= 0.3 is 0 Å². The molecule has 0 unspecified atom stereocenters. The Morgan fingerprint density at radius 3 is 2.69 bits per heavy atom. The molecule has 0 atom stereocenters. The summed E-state index contributed by atoms with van der Waals surface area (Å²) >= 11 is 11.7. The minimum Gasteiger partial charge on any atom is -0.305 e. The van der Waals surface area contributed by atoms with E-state index in [2.05, 4.69) is 15.0 Å². The zero-order valence-electron chi connectivity index (χ0n) is 8.29. The molecule has 0 aliphatic carbocycles. The average Bonchev–Trinajstić information content (AvgIpc) is 2.15. The minimum atomic E-state index is -0.240. The van der Waals surface area contributed by atoms with Gasteiger partial charge in [-0.2, -0.15) is 0 Å². The summed E-state index contributed by atoms with van der Waals surface area (Å²) in [5.41, 5.74) is 0.772. The Morgan fingerprint density at radius 2 is 2.06 bits per heavy atom. The lowest BCUT2D eigenvalue weighted by Gasteiger charge is -2.03. The lowest BCUT2D eigenvalue weighted by molar-refractivity contribution is 1.06. The van der Waals surface area contributed by atoms with Gasteiger partial charge in [0.05, 0.1) is 10.0 Å². The van der Waals surface area contributed by atoms with Gasteiger partial charge in [0.2, 0.25) is 0 Å². The molecule has 0 spiro atoms. The van der Waals surface area contributed by atoms with Gasteiger partial charge < -0.3 is 4.98 Å². The molecular weight excluding hydrogens is 249 g/mol. The first-order chi connectivity index (χ1) is 7.56. The average molecular weight is 256 g/mol. The smallest absolute Gasteiger partial charge is 0.251 e. The standard InChI is InChI=1S/C10H7Cl2N3O/c1-5-2-8(16)15-10(14-5)9-7(12)3-6(11)4-13-9/h2-4H,1H3,(H,14,15,16). The fourth-order valence-electron chi connectivity index (χ4n) is 1.28. The van der Waals surface area contributed by atoms with Gasteiger partial charge in [-0.25, -0.2) is 9.97 Å².